The Morgan fingerprint density at radius 2 is 2.27 bits per heavy atom. The molecule has 78 valence electrons. The second kappa shape index (κ2) is 3.51. The lowest BCUT2D eigenvalue weighted by atomic mass is 10.1. The van der Waals surface area contributed by atoms with Crippen molar-refractivity contribution >= 4 is 21.4 Å². The van der Waals surface area contributed by atoms with Gasteiger partial charge in [-0.2, -0.15) is 0 Å². The SMILES string of the molecule is Oc1ccc2scc(CNC3CC3)c2c1. The number of aromatic hydroxyl groups is 1. The standard InChI is InChI=1S/C12H13NOS/c14-10-3-4-12-11(5-10)8(7-15-12)6-13-9-1-2-9/h3-5,7,9,13-14H,1-2,6H2. The number of thiophene rings is 1. The minimum Gasteiger partial charge on any atom is -0.508 e. The van der Waals surface area contributed by atoms with Gasteiger partial charge in [0.25, 0.3) is 0 Å². The summed E-state index contributed by atoms with van der Waals surface area (Å²) in [4.78, 5) is 0. The van der Waals surface area contributed by atoms with E-state index < -0.39 is 0 Å². The van der Waals surface area contributed by atoms with Crippen LogP contribution in [0.2, 0.25) is 0 Å². The zero-order valence-electron chi connectivity index (χ0n) is 8.36. The molecule has 1 saturated carbocycles. The second-order valence-corrected chi connectivity index (χ2v) is 5.01. The molecule has 1 aliphatic carbocycles. The average Bonchev–Trinajstić information content (AvgIpc) is 2.97. The summed E-state index contributed by atoms with van der Waals surface area (Å²) < 4.78 is 1.25. The summed E-state index contributed by atoms with van der Waals surface area (Å²) in [7, 11) is 0. The zero-order chi connectivity index (χ0) is 10.3. The summed E-state index contributed by atoms with van der Waals surface area (Å²) in [6.07, 6.45) is 2.63. The van der Waals surface area contributed by atoms with Crippen LogP contribution in [0.4, 0.5) is 0 Å². The number of nitrogens with one attached hydrogen (secondary N) is 1. The predicted octanol–water partition coefficient (Wildman–Crippen LogP) is 2.86. The lowest BCUT2D eigenvalue weighted by Crippen LogP contribution is -2.14. The molecular weight excluding hydrogens is 206 g/mol. The molecule has 1 aliphatic rings. The molecule has 1 heterocycles. The molecular formula is C12H13NOS. The van der Waals surface area contributed by atoms with Gasteiger partial charge in [0, 0.05) is 22.7 Å². The highest BCUT2D eigenvalue weighted by molar-refractivity contribution is 7.17. The molecule has 15 heavy (non-hydrogen) atoms. The molecule has 0 aliphatic heterocycles. The molecule has 3 rings (SSSR count). The average molecular weight is 219 g/mol. The normalized spacial score (nSPS) is 16.0. The van der Waals surface area contributed by atoms with Crippen molar-refractivity contribution < 1.29 is 5.11 Å². The van der Waals surface area contributed by atoms with Crippen LogP contribution in [0.3, 0.4) is 0 Å². The molecule has 1 aromatic heterocycles. The van der Waals surface area contributed by atoms with Crippen LogP contribution in [-0.4, -0.2) is 11.1 Å². The Hall–Kier alpha value is -1.06. The second-order valence-electron chi connectivity index (χ2n) is 4.10. The summed E-state index contributed by atoms with van der Waals surface area (Å²) >= 11 is 1.74. The number of phenolic OH excluding ortho intramolecular Hbond substituents is 1. The van der Waals surface area contributed by atoms with E-state index in [-0.39, 0.29) is 0 Å². The Morgan fingerprint density at radius 1 is 1.40 bits per heavy atom. The third-order valence-electron chi connectivity index (χ3n) is 2.80. The molecule has 3 heteroatoms. The number of hydrogen-bond donors (Lipinski definition) is 2. The van der Waals surface area contributed by atoms with Crippen LogP contribution in [0.15, 0.2) is 23.6 Å². The molecule has 2 N–H and O–H groups in total. The molecule has 0 amide bonds. The van der Waals surface area contributed by atoms with Gasteiger partial charge in [0.15, 0.2) is 0 Å². The lowest BCUT2D eigenvalue weighted by molar-refractivity contribution is 0.476. The van der Waals surface area contributed by atoms with Gasteiger partial charge in [0.1, 0.15) is 5.75 Å². The molecule has 2 nitrogen and oxygen atoms in total. The van der Waals surface area contributed by atoms with E-state index in [1.54, 1.807) is 17.4 Å². The summed E-state index contributed by atoms with van der Waals surface area (Å²) in [6, 6.07) is 6.32. The highest BCUT2D eigenvalue weighted by atomic mass is 32.1. The molecule has 1 fully saturated rings. The van der Waals surface area contributed by atoms with Crippen LogP contribution in [0.5, 0.6) is 5.75 Å². The van der Waals surface area contributed by atoms with Gasteiger partial charge in [-0.25, -0.2) is 0 Å². The van der Waals surface area contributed by atoms with Crippen molar-refractivity contribution in [3.8, 4) is 5.75 Å². The van der Waals surface area contributed by atoms with E-state index in [1.807, 2.05) is 12.1 Å². The van der Waals surface area contributed by atoms with Crippen LogP contribution in [0.25, 0.3) is 10.1 Å². The largest absolute Gasteiger partial charge is 0.508 e. The molecule has 0 unspecified atom stereocenters. The van der Waals surface area contributed by atoms with Crippen molar-refractivity contribution in [2.45, 2.75) is 25.4 Å². The van der Waals surface area contributed by atoms with Crippen molar-refractivity contribution in [1.29, 1.82) is 0 Å². The smallest absolute Gasteiger partial charge is 0.116 e. The van der Waals surface area contributed by atoms with Crippen molar-refractivity contribution in [3.05, 3.63) is 29.1 Å². The van der Waals surface area contributed by atoms with Gasteiger partial charge in [-0.15, -0.1) is 11.3 Å². The first-order valence-electron chi connectivity index (χ1n) is 5.25. The van der Waals surface area contributed by atoms with Gasteiger partial charge in [0.05, 0.1) is 0 Å². The molecule has 0 atom stereocenters. The zero-order valence-corrected chi connectivity index (χ0v) is 9.18. The minimum absolute atomic E-state index is 0.355. The monoisotopic (exact) mass is 219 g/mol. The van der Waals surface area contributed by atoms with Gasteiger partial charge < -0.3 is 10.4 Å². The molecule has 1 aromatic carbocycles. The van der Waals surface area contributed by atoms with E-state index in [9.17, 15) is 5.11 Å². The maximum atomic E-state index is 9.45. The fraction of sp³-hybridized carbons (Fsp3) is 0.333. The molecule has 0 spiro atoms. The number of hydrogen-bond acceptors (Lipinski definition) is 3. The molecule has 0 saturated heterocycles. The van der Waals surface area contributed by atoms with Crippen LogP contribution in [0, 0.1) is 0 Å². The summed E-state index contributed by atoms with van der Waals surface area (Å²) in [5.41, 5.74) is 1.30. The Bertz CT molecular complexity index is 487. The Kier molecular flexibility index (Phi) is 2.15. The number of benzene rings is 1. The van der Waals surface area contributed by atoms with E-state index in [4.69, 9.17) is 0 Å². The summed E-state index contributed by atoms with van der Waals surface area (Å²) in [5, 5.41) is 16.3. The van der Waals surface area contributed by atoms with Crippen molar-refractivity contribution in [2.24, 2.45) is 0 Å². The van der Waals surface area contributed by atoms with Gasteiger partial charge in [0.2, 0.25) is 0 Å². The number of fused-ring (bicyclic) bond motifs is 1. The van der Waals surface area contributed by atoms with E-state index in [2.05, 4.69) is 10.7 Å². The quantitative estimate of drug-likeness (QED) is 0.832. The maximum Gasteiger partial charge on any atom is 0.116 e. The first-order valence-corrected chi connectivity index (χ1v) is 6.13. The Morgan fingerprint density at radius 3 is 3.07 bits per heavy atom. The Labute approximate surface area is 92.6 Å². The van der Waals surface area contributed by atoms with Gasteiger partial charge in [-0.3, -0.25) is 0 Å². The summed E-state index contributed by atoms with van der Waals surface area (Å²) in [5.74, 6) is 0.355. The fourth-order valence-electron chi connectivity index (χ4n) is 1.75. The van der Waals surface area contributed by atoms with E-state index in [1.165, 1.54) is 28.5 Å². The topological polar surface area (TPSA) is 32.3 Å². The van der Waals surface area contributed by atoms with E-state index in [0.717, 1.165) is 12.6 Å². The first kappa shape index (κ1) is 9.19. The number of phenols is 1. The van der Waals surface area contributed by atoms with Crippen molar-refractivity contribution in [2.75, 3.05) is 0 Å². The highest BCUT2D eigenvalue weighted by Crippen LogP contribution is 2.29. The van der Waals surface area contributed by atoms with Crippen LogP contribution >= 0.6 is 11.3 Å². The molecule has 0 bridgehead atoms. The number of rotatable bonds is 3. The first-order chi connectivity index (χ1) is 7.33. The third kappa shape index (κ3) is 1.85. The van der Waals surface area contributed by atoms with Crippen LogP contribution < -0.4 is 5.32 Å². The Balaban J connectivity index is 1.91. The minimum atomic E-state index is 0.355. The van der Waals surface area contributed by atoms with Crippen molar-refractivity contribution in [3.63, 3.8) is 0 Å². The molecule has 0 radical (unpaired) electrons. The summed E-state index contributed by atoms with van der Waals surface area (Å²) in [6.45, 7) is 0.925. The lowest BCUT2D eigenvalue weighted by Gasteiger charge is -2.01. The van der Waals surface area contributed by atoms with Gasteiger partial charge in [-0.05, 0) is 42.0 Å². The van der Waals surface area contributed by atoms with Gasteiger partial charge in [-0.1, -0.05) is 0 Å². The van der Waals surface area contributed by atoms with Crippen LogP contribution in [-0.2, 0) is 6.54 Å². The van der Waals surface area contributed by atoms with Crippen LogP contribution in [0.1, 0.15) is 18.4 Å². The third-order valence-corrected chi connectivity index (χ3v) is 3.81. The van der Waals surface area contributed by atoms with E-state index in [0.29, 0.717) is 5.75 Å². The predicted molar refractivity (Wildman–Crippen MR) is 63.4 cm³/mol. The highest BCUT2D eigenvalue weighted by Gasteiger charge is 2.20. The van der Waals surface area contributed by atoms with E-state index >= 15 is 0 Å². The molecule has 2 aromatic rings. The maximum absolute atomic E-state index is 9.45. The fourth-order valence-corrected chi connectivity index (χ4v) is 2.69. The van der Waals surface area contributed by atoms with Crippen molar-refractivity contribution in [1.82, 2.24) is 5.32 Å². The van der Waals surface area contributed by atoms with Gasteiger partial charge >= 0.3 is 0 Å².